The van der Waals surface area contributed by atoms with E-state index in [2.05, 4.69) is 31.6 Å². The van der Waals surface area contributed by atoms with Gasteiger partial charge >= 0.3 is 0 Å². The third kappa shape index (κ3) is 4.71. The minimum atomic E-state index is -0.257. The highest BCUT2D eigenvalue weighted by atomic mass is 32.2. The summed E-state index contributed by atoms with van der Waals surface area (Å²) in [7, 11) is 0. The molecule has 0 atom stereocenters. The van der Waals surface area contributed by atoms with Crippen LogP contribution in [0.15, 0.2) is 53.0 Å². The summed E-state index contributed by atoms with van der Waals surface area (Å²) in [5.74, 6) is 0.447. The van der Waals surface area contributed by atoms with E-state index in [1.54, 1.807) is 25.3 Å². The van der Waals surface area contributed by atoms with Gasteiger partial charge in [0.15, 0.2) is 4.34 Å². The fraction of sp³-hybridized carbons (Fsp3) is 0.100. The molecule has 0 unspecified atom stereocenters. The van der Waals surface area contributed by atoms with Crippen LogP contribution < -0.4 is 5.32 Å². The van der Waals surface area contributed by atoms with Crippen molar-refractivity contribution < 1.29 is 4.79 Å². The molecule has 4 aromatic rings. The molecular weight excluding hydrogens is 436 g/mol. The number of carbonyl (C=O) groups excluding carboxylic acids is 1. The molecule has 1 amide bonds. The number of nitrogens with one attached hydrogen (secondary N) is 1. The molecule has 0 aliphatic heterocycles. The summed E-state index contributed by atoms with van der Waals surface area (Å²) in [5, 5.41) is 21.0. The van der Waals surface area contributed by atoms with Crippen molar-refractivity contribution in [2.24, 2.45) is 0 Å². The maximum Gasteiger partial charge on any atom is 0.269 e. The van der Waals surface area contributed by atoms with Crippen LogP contribution in [0.25, 0.3) is 10.7 Å². The summed E-state index contributed by atoms with van der Waals surface area (Å²) < 4.78 is 0.755. The summed E-state index contributed by atoms with van der Waals surface area (Å²) in [4.78, 5) is 21.9. The number of benzene rings is 1. The van der Waals surface area contributed by atoms with Gasteiger partial charge in [-0.3, -0.25) is 15.1 Å². The number of hydrogen-bond acceptors (Lipinski definition) is 9. The lowest BCUT2D eigenvalue weighted by molar-refractivity contribution is 0.102. The molecule has 4 rings (SSSR count). The molecule has 0 fully saturated rings. The Hall–Kier alpha value is -3.13. The number of carbonyl (C=O) groups is 1. The third-order valence-corrected chi connectivity index (χ3v) is 7.18. The second kappa shape index (κ2) is 9.13. The summed E-state index contributed by atoms with van der Waals surface area (Å²) in [6.45, 7) is 1.80. The average Bonchev–Trinajstić information content (AvgIpc) is 3.39. The smallest absolute Gasteiger partial charge is 0.269 e. The highest BCUT2D eigenvalue weighted by molar-refractivity contribution is 8.00. The van der Waals surface area contributed by atoms with Crippen molar-refractivity contribution >= 4 is 45.5 Å². The molecule has 1 aromatic carbocycles. The first-order chi connectivity index (χ1) is 14.6. The zero-order chi connectivity index (χ0) is 20.9. The number of hydrogen-bond donors (Lipinski definition) is 1. The molecule has 0 radical (unpaired) electrons. The van der Waals surface area contributed by atoms with Crippen LogP contribution >= 0.6 is 34.4 Å². The molecule has 0 spiro atoms. The predicted octanol–water partition coefficient (Wildman–Crippen LogP) is 4.78. The minimum absolute atomic E-state index is 0.257. The fourth-order valence-corrected chi connectivity index (χ4v) is 5.14. The second-order valence-electron chi connectivity index (χ2n) is 6.07. The Bertz CT molecular complexity index is 1210. The zero-order valence-electron chi connectivity index (χ0n) is 15.7. The van der Waals surface area contributed by atoms with Gasteiger partial charge in [0.05, 0.1) is 23.0 Å². The predicted molar refractivity (Wildman–Crippen MR) is 119 cm³/mol. The van der Waals surface area contributed by atoms with Crippen LogP contribution in [0.3, 0.4) is 0 Å². The Morgan fingerprint density at radius 2 is 2.00 bits per heavy atom. The third-order valence-electron chi connectivity index (χ3n) is 3.96. The molecule has 0 aliphatic rings. The van der Waals surface area contributed by atoms with Crippen LogP contribution in [0.5, 0.6) is 0 Å². The first-order valence-corrected chi connectivity index (χ1v) is 11.4. The number of nitrogens with zero attached hydrogens (tertiary/aromatic N) is 5. The number of anilines is 1. The number of thioether (sulfide) groups is 1. The quantitative estimate of drug-likeness (QED) is 0.333. The standard InChI is InChI=1S/C20H14N6OS3/c1-12-16(29-18(23-12)15-4-2-3-9-22-15)17(27)24-19-25-26-20(30-19)28-11-14-7-5-13(10-21)6-8-14/h2-9H,11H2,1H3,(H,24,25,27). The van der Waals surface area contributed by atoms with Crippen LogP contribution in [0.2, 0.25) is 0 Å². The van der Waals surface area contributed by atoms with E-state index in [1.165, 1.54) is 34.4 Å². The summed E-state index contributed by atoms with van der Waals surface area (Å²) in [5.41, 5.74) is 3.11. The maximum atomic E-state index is 12.7. The van der Waals surface area contributed by atoms with E-state index in [0.29, 0.717) is 32.0 Å². The largest absolute Gasteiger partial charge is 0.296 e. The lowest BCUT2D eigenvalue weighted by Crippen LogP contribution is -2.11. The summed E-state index contributed by atoms with van der Waals surface area (Å²) in [6, 6.07) is 15.1. The van der Waals surface area contributed by atoms with Crippen LogP contribution in [-0.2, 0) is 5.75 Å². The Kier molecular flexibility index (Phi) is 6.13. The van der Waals surface area contributed by atoms with Gasteiger partial charge in [0.25, 0.3) is 5.91 Å². The van der Waals surface area contributed by atoms with E-state index in [4.69, 9.17) is 5.26 Å². The van der Waals surface area contributed by atoms with Gasteiger partial charge in [0.1, 0.15) is 9.88 Å². The van der Waals surface area contributed by atoms with Crippen molar-refractivity contribution in [3.8, 4) is 16.8 Å². The number of amides is 1. The number of thiazole rings is 1. The Morgan fingerprint density at radius 1 is 1.17 bits per heavy atom. The van der Waals surface area contributed by atoms with Gasteiger partial charge in [-0.2, -0.15) is 5.26 Å². The molecular formula is C20H14N6OS3. The van der Waals surface area contributed by atoms with Crippen LogP contribution in [-0.4, -0.2) is 26.1 Å². The van der Waals surface area contributed by atoms with Crippen molar-refractivity contribution in [1.29, 1.82) is 5.26 Å². The Balaban J connectivity index is 1.39. The molecule has 3 aromatic heterocycles. The van der Waals surface area contributed by atoms with Gasteiger partial charge in [0, 0.05) is 11.9 Å². The number of pyridine rings is 1. The summed E-state index contributed by atoms with van der Waals surface area (Å²) >= 11 is 4.15. The zero-order valence-corrected chi connectivity index (χ0v) is 18.1. The minimum Gasteiger partial charge on any atom is -0.296 e. The topological polar surface area (TPSA) is 104 Å². The molecule has 0 saturated carbocycles. The number of rotatable bonds is 6. The van der Waals surface area contributed by atoms with E-state index < -0.39 is 0 Å². The molecule has 10 heteroatoms. The number of aromatic nitrogens is 4. The first-order valence-electron chi connectivity index (χ1n) is 8.78. The Labute approximate surface area is 184 Å². The number of aryl methyl sites for hydroxylation is 1. The van der Waals surface area contributed by atoms with Crippen molar-refractivity contribution in [3.05, 3.63) is 70.4 Å². The van der Waals surface area contributed by atoms with Crippen LogP contribution in [0, 0.1) is 18.3 Å². The second-order valence-corrected chi connectivity index (χ2v) is 9.27. The van der Waals surface area contributed by atoms with Crippen molar-refractivity contribution in [2.75, 3.05) is 5.32 Å². The van der Waals surface area contributed by atoms with Gasteiger partial charge in [-0.05, 0) is 36.8 Å². The molecule has 0 saturated heterocycles. The lowest BCUT2D eigenvalue weighted by Gasteiger charge is -1.99. The van der Waals surface area contributed by atoms with Crippen LogP contribution in [0.1, 0.15) is 26.5 Å². The highest BCUT2D eigenvalue weighted by Gasteiger charge is 2.18. The average molecular weight is 451 g/mol. The van der Waals surface area contributed by atoms with Gasteiger partial charge < -0.3 is 0 Å². The van der Waals surface area contributed by atoms with E-state index >= 15 is 0 Å². The van der Waals surface area contributed by atoms with Crippen molar-refractivity contribution in [3.63, 3.8) is 0 Å². The lowest BCUT2D eigenvalue weighted by atomic mass is 10.2. The van der Waals surface area contributed by atoms with Gasteiger partial charge in [0.2, 0.25) is 5.13 Å². The molecule has 1 N–H and O–H groups in total. The van der Waals surface area contributed by atoms with E-state index in [1.807, 2.05) is 30.3 Å². The maximum absolute atomic E-state index is 12.7. The molecule has 3 heterocycles. The van der Waals surface area contributed by atoms with E-state index in [0.717, 1.165) is 15.6 Å². The van der Waals surface area contributed by atoms with Crippen molar-refractivity contribution in [1.82, 2.24) is 20.2 Å². The van der Waals surface area contributed by atoms with Crippen molar-refractivity contribution in [2.45, 2.75) is 17.0 Å². The summed E-state index contributed by atoms with van der Waals surface area (Å²) in [6.07, 6.45) is 1.70. The van der Waals surface area contributed by atoms with Gasteiger partial charge in [-0.1, -0.05) is 41.3 Å². The monoisotopic (exact) mass is 450 g/mol. The molecule has 7 nitrogen and oxygen atoms in total. The SMILES string of the molecule is Cc1nc(-c2ccccn2)sc1C(=O)Nc1nnc(SCc2ccc(C#N)cc2)s1. The fourth-order valence-electron chi connectivity index (χ4n) is 2.50. The number of nitriles is 1. The first kappa shape index (κ1) is 20.2. The Morgan fingerprint density at radius 3 is 2.73 bits per heavy atom. The molecule has 0 bridgehead atoms. The van der Waals surface area contributed by atoms with Gasteiger partial charge in [-0.25, -0.2) is 4.98 Å². The van der Waals surface area contributed by atoms with E-state index in [-0.39, 0.29) is 5.91 Å². The normalized spacial score (nSPS) is 10.5. The van der Waals surface area contributed by atoms with Gasteiger partial charge in [-0.15, -0.1) is 21.5 Å². The van der Waals surface area contributed by atoms with Crippen LogP contribution in [0.4, 0.5) is 5.13 Å². The molecule has 0 aliphatic carbocycles. The molecule has 148 valence electrons. The highest BCUT2D eigenvalue weighted by Crippen LogP contribution is 2.30. The van der Waals surface area contributed by atoms with E-state index in [9.17, 15) is 4.79 Å². The molecule has 30 heavy (non-hydrogen) atoms.